The predicted octanol–water partition coefficient (Wildman–Crippen LogP) is 2.28. The van der Waals surface area contributed by atoms with E-state index in [1.165, 1.54) is 19.1 Å². The summed E-state index contributed by atoms with van der Waals surface area (Å²) in [5, 5.41) is 18.0. The number of carboxylic acids is 1. The van der Waals surface area contributed by atoms with Gasteiger partial charge in [-0.1, -0.05) is 6.07 Å². The van der Waals surface area contributed by atoms with Gasteiger partial charge in [-0.05, 0) is 30.2 Å². The zero-order chi connectivity index (χ0) is 15.1. The minimum atomic E-state index is -4.82. The zero-order valence-corrected chi connectivity index (χ0v) is 10.4. The first kappa shape index (κ1) is 14.4. The molecule has 4 nitrogen and oxygen atoms in total. The lowest BCUT2D eigenvalue weighted by Crippen LogP contribution is -2.40. The summed E-state index contributed by atoms with van der Waals surface area (Å²) >= 11 is 0. The zero-order valence-electron chi connectivity index (χ0n) is 10.4. The normalized spacial score (nSPS) is 18.1. The fraction of sp³-hybridized carbons (Fsp3) is 0.308. The number of aliphatic hydroxyl groups is 1. The van der Waals surface area contributed by atoms with Crippen molar-refractivity contribution >= 4 is 12.0 Å². The van der Waals surface area contributed by atoms with Crippen molar-refractivity contribution in [2.24, 2.45) is 0 Å². The Morgan fingerprint density at radius 1 is 1.40 bits per heavy atom. The molecule has 0 radical (unpaired) electrons. The van der Waals surface area contributed by atoms with Gasteiger partial charge in [-0.2, -0.15) is 13.2 Å². The van der Waals surface area contributed by atoms with E-state index in [9.17, 15) is 18.0 Å². The maximum absolute atomic E-state index is 12.9. The van der Waals surface area contributed by atoms with Crippen molar-refractivity contribution in [1.82, 2.24) is 0 Å². The molecule has 1 aliphatic rings. The molecule has 0 saturated heterocycles. The summed E-state index contributed by atoms with van der Waals surface area (Å²) in [6, 6.07) is 2.89. The lowest BCUT2D eigenvalue weighted by molar-refractivity contribution is -0.187. The van der Waals surface area contributed by atoms with Crippen LogP contribution in [-0.2, 0) is 11.4 Å². The maximum Gasteiger partial charge on any atom is 0.430 e. The number of hydrogen-bond acceptors (Lipinski definition) is 3. The Morgan fingerprint density at radius 2 is 2.05 bits per heavy atom. The van der Waals surface area contributed by atoms with Crippen LogP contribution >= 0.6 is 0 Å². The highest BCUT2D eigenvalue weighted by Crippen LogP contribution is 2.39. The second kappa shape index (κ2) is 4.82. The van der Waals surface area contributed by atoms with E-state index >= 15 is 0 Å². The molecule has 0 aromatic heterocycles. The first-order chi connectivity index (χ1) is 9.24. The second-order valence-electron chi connectivity index (χ2n) is 4.43. The first-order valence-corrected chi connectivity index (χ1v) is 5.66. The van der Waals surface area contributed by atoms with Crippen LogP contribution in [0.4, 0.5) is 13.2 Å². The summed E-state index contributed by atoms with van der Waals surface area (Å²) in [6.45, 7) is 1.23. The van der Waals surface area contributed by atoms with Crippen LogP contribution in [0.15, 0.2) is 17.7 Å². The third-order valence-corrected chi connectivity index (χ3v) is 2.92. The van der Waals surface area contributed by atoms with E-state index < -0.39 is 23.8 Å². The van der Waals surface area contributed by atoms with Gasteiger partial charge in [0.05, 0.1) is 12.2 Å². The molecule has 7 heteroatoms. The van der Waals surface area contributed by atoms with E-state index in [4.69, 9.17) is 14.9 Å². The summed E-state index contributed by atoms with van der Waals surface area (Å²) in [5.74, 6) is -1.71. The van der Waals surface area contributed by atoms with Gasteiger partial charge in [0.1, 0.15) is 5.75 Å². The van der Waals surface area contributed by atoms with Crippen molar-refractivity contribution in [2.75, 3.05) is 0 Å². The quantitative estimate of drug-likeness (QED) is 0.876. The highest BCUT2D eigenvalue weighted by Gasteiger charge is 2.48. The number of aliphatic carboxylic acids is 1. The third kappa shape index (κ3) is 2.49. The van der Waals surface area contributed by atoms with Crippen molar-refractivity contribution in [3.05, 3.63) is 34.4 Å². The Kier molecular flexibility index (Phi) is 3.47. The molecule has 0 bridgehead atoms. The Labute approximate surface area is 112 Å². The van der Waals surface area contributed by atoms with Crippen LogP contribution in [0, 0.1) is 6.92 Å². The number of benzene rings is 1. The summed E-state index contributed by atoms with van der Waals surface area (Å²) in [4.78, 5) is 11.0. The number of rotatable bonds is 2. The Hall–Kier alpha value is -2.02. The van der Waals surface area contributed by atoms with Crippen molar-refractivity contribution in [1.29, 1.82) is 0 Å². The molecular weight excluding hydrogens is 277 g/mol. The summed E-state index contributed by atoms with van der Waals surface area (Å²) in [5.41, 5.74) is 0.212. The number of fused-ring (bicyclic) bond motifs is 1. The van der Waals surface area contributed by atoms with Crippen LogP contribution in [0.1, 0.15) is 16.7 Å². The average Bonchev–Trinajstić information content (AvgIpc) is 2.35. The van der Waals surface area contributed by atoms with Crippen molar-refractivity contribution in [3.63, 3.8) is 0 Å². The number of halogens is 3. The predicted molar refractivity (Wildman–Crippen MR) is 63.2 cm³/mol. The van der Waals surface area contributed by atoms with Gasteiger partial charge in [0.15, 0.2) is 0 Å². The summed E-state index contributed by atoms with van der Waals surface area (Å²) < 4.78 is 43.4. The van der Waals surface area contributed by atoms with Crippen LogP contribution < -0.4 is 4.74 Å². The van der Waals surface area contributed by atoms with Gasteiger partial charge in [-0.3, -0.25) is 0 Å². The van der Waals surface area contributed by atoms with Gasteiger partial charge in [-0.25, -0.2) is 4.79 Å². The molecule has 1 atom stereocenters. The van der Waals surface area contributed by atoms with Gasteiger partial charge in [0.2, 0.25) is 6.10 Å². The minimum Gasteiger partial charge on any atom is -0.478 e. The van der Waals surface area contributed by atoms with Crippen LogP contribution in [0.3, 0.4) is 0 Å². The molecule has 2 N–H and O–H groups in total. The molecule has 0 fully saturated rings. The van der Waals surface area contributed by atoms with E-state index in [2.05, 4.69) is 0 Å². The minimum absolute atomic E-state index is 0.0190. The highest BCUT2D eigenvalue weighted by atomic mass is 19.4. The number of carbonyl (C=O) groups is 1. The van der Waals surface area contributed by atoms with E-state index in [-0.39, 0.29) is 17.9 Å². The van der Waals surface area contributed by atoms with Crippen LogP contribution in [0.25, 0.3) is 6.08 Å². The highest BCUT2D eigenvalue weighted by molar-refractivity contribution is 5.95. The van der Waals surface area contributed by atoms with Gasteiger partial charge >= 0.3 is 12.1 Å². The molecule has 0 spiro atoms. The third-order valence-electron chi connectivity index (χ3n) is 2.92. The molecule has 1 aliphatic heterocycles. The molecule has 1 aromatic rings. The fourth-order valence-corrected chi connectivity index (χ4v) is 2.08. The number of aliphatic hydroxyl groups excluding tert-OH is 1. The van der Waals surface area contributed by atoms with E-state index in [1.54, 1.807) is 0 Å². The average molecular weight is 288 g/mol. The molecule has 20 heavy (non-hydrogen) atoms. The molecule has 1 heterocycles. The number of ether oxygens (including phenoxy) is 1. The summed E-state index contributed by atoms with van der Waals surface area (Å²) in [7, 11) is 0. The molecule has 1 aromatic carbocycles. The van der Waals surface area contributed by atoms with Crippen molar-refractivity contribution < 1.29 is 32.9 Å². The molecule has 0 aliphatic carbocycles. The van der Waals surface area contributed by atoms with E-state index in [0.29, 0.717) is 11.1 Å². The Bertz CT molecular complexity index is 590. The standard InChI is InChI=1S/C13H11F3O4/c1-6-2-7(5-17)3-8-4-9(12(18)19)11(13(14,15)16)20-10(6)8/h2-4,11,17H,5H2,1H3,(H,18,19). The number of carboxylic acid groups (broad SMARTS) is 1. The monoisotopic (exact) mass is 288 g/mol. The topological polar surface area (TPSA) is 66.8 Å². The fourth-order valence-electron chi connectivity index (χ4n) is 2.08. The van der Waals surface area contributed by atoms with E-state index in [1.807, 2.05) is 0 Å². The van der Waals surface area contributed by atoms with Gasteiger partial charge in [-0.15, -0.1) is 0 Å². The first-order valence-electron chi connectivity index (χ1n) is 5.66. The SMILES string of the molecule is Cc1cc(CO)cc2c1OC(C(F)(F)F)C(C(=O)O)=C2. The molecule has 1 unspecified atom stereocenters. The molecule has 108 valence electrons. The summed E-state index contributed by atoms with van der Waals surface area (Å²) in [6.07, 6.45) is -6.37. The maximum atomic E-state index is 12.9. The smallest absolute Gasteiger partial charge is 0.430 e. The Morgan fingerprint density at radius 3 is 2.55 bits per heavy atom. The lowest BCUT2D eigenvalue weighted by atomic mass is 9.97. The largest absolute Gasteiger partial charge is 0.478 e. The van der Waals surface area contributed by atoms with Gasteiger partial charge in [0.25, 0.3) is 0 Å². The van der Waals surface area contributed by atoms with Crippen LogP contribution in [0.2, 0.25) is 0 Å². The number of alkyl halides is 3. The molecule has 0 amide bonds. The van der Waals surface area contributed by atoms with Crippen molar-refractivity contribution in [3.8, 4) is 5.75 Å². The molecule has 0 saturated carbocycles. The van der Waals surface area contributed by atoms with Crippen molar-refractivity contribution in [2.45, 2.75) is 25.8 Å². The van der Waals surface area contributed by atoms with Gasteiger partial charge < -0.3 is 14.9 Å². The van der Waals surface area contributed by atoms with Crippen LogP contribution in [0.5, 0.6) is 5.75 Å². The second-order valence-corrected chi connectivity index (χ2v) is 4.43. The number of aryl methyl sites for hydroxylation is 1. The van der Waals surface area contributed by atoms with Crippen LogP contribution in [-0.4, -0.2) is 28.5 Å². The number of hydrogen-bond donors (Lipinski definition) is 2. The van der Waals surface area contributed by atoms with E-state index in [0.717, 1.165) is 6.08 Å². The Balaban J connectivity index is 2.60. The molecular formula is C13H11F3O4. The molecule has 2 rings (SSSR count). The van der Waals surface area contributed by atoms with Gasteiger partial charge in [0, 0.05) is 5.56 Å². The lowest BCUT2D eigenvalue weighted by Gasteiger charge is -2.28.